The summed E-state index contributed by atoms with van der Waals surface area (Å²) in [5.74, 6) is 0.781. The van der Waals surface area contributed by atoms with Gasteiger partial charge in [-0.1, -0.05) is 50.2 Å². The van der Waals surface area contributed by atoms with Gasteiger partial charge in [0.1, 0.15) is 0 Å². The van der Waals surface area contributed by atoms with Crippen molar-refractivity contribution < 1.29 is 4.79 Å². The molecule has 2 aromatic carbocycles. The van der Waals surface area contributed by atoms with Gasteiger partial charge in [-0.2, -0.15) is 0 Å². The summed E-state index contributed by atoms with van der Waals surface area (Å²) in [4.78, 5) is 15.4. The van der Waals surface area contributed by atoms with Crippen molar-refractivity contribution in [3.8, 4) is 0 Å². The molecule has 3 nitrogen and oxygen atoms in total. The van der Waals surface area contributed by atoms with Crippen molar-refractivity contribution in [2.45, 2.75) is 32.7 Å². The van der Waals surface area contributed by atoms with Crippen LogP contribution in [0.2, 0.25) is 0 Å². The number of fused-ring (bicyclic) bond motifs is 1. The van der Waals surface area contributed by atoms with Gasteiger partial charge in [0.05, 0.1) is 0 Å². The second-order valence-electron chi connectivity index (χ2n) is 6.85. The van der Waals surface area contributed by atoms with Gasteiger partial charge in [-0.3, -0.25) is 4.79 Å². The molecular formula is C20H26N2O. The molecule has 122 valence electrons. The minimum Gasteiger partial charge on any atom is -0.334 e. The minimum atomic E-state index is 0.177. The van der Waals surface area contributed by atoms with E-state index in [-0.39, 0.29) is 5.91 Å². The molecule has 1 heterocycles. The lowest BCUT2D eigenvalue weighted by atomic mass is 10.0. The number of rotatable bonds is 5. The van der Waals surface area contributed by atoms with E-state index in [4.69, 9.17) is 0 Å². The molecule has 1 aliphatic heterocycles. The quantitative estimate of drug-likeness (QED) is 0.913. The summed E-state index contributed by atoms with van der Waals surface area (Å²) in [7, 11) is 0. The van der Waals surface area contributed by atoms with E-state index < -0.39 is 0 Å². The Kier molecular flexibility index (Phi) is 4.97. The first-order chi connectivity index (χ1) is 11.2. The van der Waals surface area contributed by atoms with Crippen LogP contribution in [0.25, 0.3) is 10.8 Å². The van der Waals surface area contributed by atoms with Crippen LogP contribution in [0, 0.1) is 5.92 Å². The lowest BCUT2D eigenvalue weighted by Crippen LogP contribution is -2.42. The first-order valence-corrected chi connectivity index (χ1v) is 8.66. The molecule has 23 heavy (non-hydrogen) atoms. The lowest BCUT2D eigenvalue weighted by molar-refractivity contribution is 0.0685. The Labute approximate surface area is 138 Å². The van der Waals surface area contributed by atoms with Gasteiger partial charge in [0, 0.05) is 24.7 Å². The van der Waals surface area contributed by atoms with E-state index in [1.165, 1.54) is 0 Å². The van der Waals surface area contributed by atoms with Crippen LogP contribution >= 0.6 is 0 Å². The first-order valence-electron chi connectivity index (χ1n) is 8.66. The third-order valence-electron chi connectivity index (χ3n) is 4.70. The average molecular weight is 310 g/mol. The van der Waals surface area contributed by atoms with Gasteiger partial charge in [-0.25, -0.2) is 0 Å². The van der Waals surface area contributed by atoms with Crippen molar-refractivity contribution >= 4 is 16.7 Å². The van der Waals surface area contributed by atoms with Gasteiger partial charge in [0.15, 0.2) is 0 Å². The SMILES string of the molecule is CC(C)CCN(C(=O)c1cccc2ccccc12)C1CCNC1. The van der Waals surface area contributed by atoms with E-state index in [0.717, 1.165) is 48.8 Å². The highest BCUT2D eigenvalue weighted by atomic mass is 16.2. The molecule has 1 unspecified atom stereocenters. The predicted octanol–water partition coefficient (Wildman–Crippen LogP) is 3.69. The van der Waals surface area contributed by atoms with Gasteiger partial charge in [0.2, 0.25) is 0 Å². The normalized spacial score (nSPS) is 17.8. The zero-order chi connectivity index (χ0) is 16.2. The number of nitrogens with zero attached hydrogens (tertiary/aromatic N) is 1. The molecule has 0 aromatic heterocycles. The molecular weight excluding hydrogens is 284 g/mol. The standard InChI is InChI=1S/C20H26N2O/c1-15(2)11-13-22(17-10-12-21-14-17)20(23)19-9-5-7-16-6-3-4-8-18(16)19/h3-9,15,17,21H,10-14H2,1-2H3. The zero-order valence-electron chi connectivity index (χ0n) is 14.1. The maximum atomic E-state index is 13.3. The van der Waals surface area contributed by atoms with Crippen LogP contribution in [0.4, 0.5) is 0 Å². The van der Waals surface area contributed by atoms with E-state index >= 15 is 0 Å². The molecule has 3 rings (SSSR count). The van der Waals surface area contributed by atoms with Crippen molar-refractivity contribution in [2.24, 2.45) is 5.92 Å². The third-order valence-corrected chi connectivity index (χ3v) is 4.70. The summed E-state index contributed by atoms with van der Waals surface area (Å²) in [6.45, 7) is 7.19. The molecule has 0 bridgehead atoms. The molecule has 0 aliphatic carbocycles. The minimum absolute atomic E-state index is 0.177. The number of amides is 1. The van der Waals surface area contributed by atoms with Crippen molar-refractivity contribution in [3.63, 3.8) is 0 Å². The van der Waals surface area contributed by atoms with E-state index in [1.54, 1.807) is 0 Å². The average Bonchev–Trinajstić information content (AvgIpc) is 3.08. The molecule has 1 atom stereocenters. The summed E-state index contributed by atoms with van der Waals surface area (Å²) >= 11 is 0. The zero-order valence-corrected chi connectivity index (χ0v) is 14.1. The molecule has 1 N–H and O–H groups in total. The van der Waals surface area contributed by atoms with Gasteiger partial charge in [-0.15, -0.1) is 0 Å². The number of nitrogens with one attached hydrogen (secondary N) is 1. The maximum Gasteiger partial charge on any atom is 0.254 e. The fourth-order valence-corrected chi connectivity index (χ4v) is 3.32. The van der Waals surface area contributed by atoms with Gasteiger partial charge >= 0.3 is 0 Å². The Morgan fingerprint density at radius 2 is 2.00 bits per heavy atom. The molecule has 2 aromatic rings. The molecule has 0 saturated carbocycles. The van der Waals surface area contributed by atoms with Crippen LogP contribution in [0.5, 0.6) is 0 Å². The van der Waals surface area contributed by atoms with E-state index in [2.05, 4.69) is 42.3 Å². The molecule has 1 aliphatic rings. The number of hydrogen-bond acceptors (Lipinski definition) is 2. The lowest BCUT2D eigenvalue weighted by Gasteiger charge is -2.30. The first kappa shape index (κ1) is 16.0. The maximum absolute atomic E-state index is 13.3. The van der Waals surface area contributed by atoms with Crippen molar-refractivity contribution in [1.29, 1.82) is 0 Å². The summed E-state index contributed by atoms with van der Waals surface area (Å²) in [6.07, 6.45) is 2.10. The van der Waals surface area contributed by atoms with Gasteiger partial charge < -0.3 is 10.2 Å². The second-order valence-corrected chi connectivity index (χ2v) is 6.85. The van der Waals surface area contributed by atoms with E-state index in [0.29, 0.717) is 12.0 Å². The fourth-order valence-electron chi connectivity index (χ4n) is 3.32. The highest BCUT2D eigenvalue weighted by Crippen LogP contribution is 2.22. The number of carbonyl (C=O) groups excluding carboxylic acids is 1. The van der Waals surface area contributed by atoms with Crippen LogP contribution in [0.1, 0.15) is 37.0 Å². The number of benzene rings is 2. The monoisotopic (exact) mass is 310 g/mol. The largest absolute Gasteiger partial charge is 0.334 e. The Morgan fingerprint density at radius 3 is 2.74 bits per heavy atom. The third kappa shape index (κ3) is 3.56. The van der Waals surface area contributed by atoms with Gasteiger partial charge in [-0.05, 0) is 42.1 Å². The van der Waals surface area contributed by atoms with E-state index in [1.807, 2.05) is 24.3 Å². The molecule has 1 amide bonds. The Balaban J connectivity index is 1.92. The molecule has 3 heteroatoms. The number of carbonyl (C=O) groups is 1. The molecule has 1 fully saturated rings. The topological polar surface area (TPSA) is 32.3 Å². The summed E-state index contributed by atoms with van der Waals surface area (Å²) in [5, 5.41) is 5.58. The summed E-state index contributed by atoms with van der Waals surface area (Å²) in [6, 6.07) is 14.5. The van der Waals surface area contributed by atoms with Crippen LogP contribution in [-0.2, 0) is 0 Å². The van der Waals surface area contributed by atoms with Crippen LogP contribution < -0.4 is 5.32 Å². The second kappa shape index (κ2) is 7.14. The number of hydrogen-bond donors (Lipinski definition) is 1. The Bertz CT molecular complexity index is 669. The Hall–Kier alpha value is -1.87. The van der Waals surface area contributed by atoms with Crippen molar-refractivity contribution in [1.82, 2.24) is 10.2 Å². The fraction of sp³-hybridized carbons (Fsp3) is 0.450. The Morgan fingerprint density at radius 1 is 1.22 bits per heavy atom. The van der Waals surface area contributed by atoms with Crippen LogP contribution in [0.15, 0.2) is 42.5 Å². The highest BCUT2D eigenvalue weighted by Gasteiger charge is 2.27. The molecule has 1 saturated heterocycles. The van der Waals surface area contributed by atoms with Crippen molar-refractivity contribution in [2.75, 3.05) is 19.6 Å². The molecule has 0 spiro atoms. The van der Waals surface area contributed by atoms with Crippen molar-refractivity contribution in [3.05, 3.63) is 48.0 Å². The van der Waals surface area contributed by atoms with Crippen LogP contribution in [-0.4, -0.2) is 36.5 Å². The highest BCUT2D eigenvalue weighted by molar-refractivity contribution is 6.07. The van der Waals surface area contributed by atoms with Crippen LogP contribution in [0.3, 0.4) is 0 Å². The predicted molar refractivity (Wildman–Crippen MR) is 95.7 cm³/mol. The van der Waals surface area contributed by atoms with E-state index in [9.17, 15) is 4.79 Å². The van der Waals surface area contributed by atoms with Gasteiger partial charge in [0.25, 0.3) is 5.91 Å². The summed E-state index contributed by atoms with van der Waals surface area (Å²) < 4.78 is 0. The summed E-state index contributed by atoms with van der Waals surface area (Å²) in [5.41, 5.74) is 0.832. The molecule has 0 radical (unpaired) electrons. The smallest absolute Gasteiger partial charge is 0.254 e.